The second-order valence-corrected chi connectivity index (χ2v) is 3.83. The fourth-order valence-corrected chi connectivity index (χ4v) is 1.45. The Morgan fingerprint density at radius 3 is 2.94 bits per heavy atom. The number of rotatable bonds is 8. The lowest BCUT2D eigenvalue weighted by atomic mass is 10.2. The molecule has 0 aromatic carbocycles. The second-order valence-electron chi connectivity index (χ2n) is 3.83. The van der Waals surface area contributed by atoms with E-state index in [2.05, 4.69) is 9.55 Å². The summed E-state index contributed by atoms with van der Waals surface area (Å²) in [6.07, 6.45) is 10.0. The molecule has 4 heteroatoms. The largest absolute Gasteiger partial charge is 0.466 e. The number of carbonyl (C=O) groups is 1. The molecule has 0 bridgehead atoms. The van der Waals surface area contributed by atoms with Crippen LogP contribution in [-0.2, 0) is 16.1 Å². The lowest BCUT2D eigenvalue weighted by molar-refractivity contribution is -0.143. The van der Waals surface area contributed by atoms with Crippen LogP contribution in [0.1, 0.15) is 39.0 Å². The van der Waals surface area contributed by atoms with Crippen molar-refractivity contribution in [3.8, 4) is 0 Å². The van der Waals surface area contributed by atoms with Crippen molar-refractivity contribution in [3.63, 3.8) is 0 Å². The number of nitrogens with zero attached hydrogens (tertiary/aromatic N) is 2. The maximum Gasteiger partial charge on any atom is 0.305 e. The number of hydrogen-bond donors (Lipinski definition) is 0. The maximum atomic E-state index is 11.2. The summed E-state index contributed by atoms with van der Waals surface area (Å²) < 4.78 is 7.04. The first-order valence-corrected chi connectivity index (χ1v) is 5.94. The van der Waals surface area contributed by atoms with E-state index in [1.807, 2.05) is 19.4 Å². The molecule has 0 fully saturated rings. The van der Waals surface area contributed by atoms with Crippen LogP contribution < -0.4 is 0 Å². The molecular weight excluding hydrogens is 204 g/mol. The van der Waals surface area contributed by atoms with Gasteiger partial charge in [0, 0.05) is 25.4 Å². The van der Waals surface area contributed by atoms with E-state index in [4.69, 9.17) is 4.74 Å². The fourth-order valence-electron chi connectivity index (χ4n) is 1.45. The van der Waals surface area contributed by atoms with Gasteiger partial charge in [-0.05, 0) is 19.3 Å². The van der Waals surface area contributed by atoms with E-state index < -0.39 is 0 Å². The molecule has 0 aliphatic carbocycles. The van der Waals surface area contributed by atoms with E-state index in [1.54, 1.807) is 6.20 Å². The summed E-state index contributed by atoms with van der Waals surface area (Å²) in [5.74, 6) is -0.0653. The SMILES string of the molecule is CCCOC(=O)CCCCCn1ccnc1. The van der Waals surface area contributed by atoms with Crippen LogP contribution in [0.3, 0.4) is 0 Å². The van der Waals surface area contributed by atoms with Crippen LogP contribution in [0.2, 0.25) is 0 Å². The highest BCUT2D eigenvalue weighted by atomic mass is 16.5. The lowest BCUT2D eigenvalue weighted by Gasteiger charge is -2.03. The first-order valence-electron chi connectivity index (χ1n) is 5.94. The van der Waals surface area contributed by atoms with Crippen molar-refractivity contribution >= 4 is 5.97 Å². The minimum absolute atomic E-state index is 0.0653. The number of carbonyl (C=O) groups excluding carboxylic acids is 1. The van der Waals surface area contributed by atoms with Gasteiger partial charge in [0.05, 0.1) is 12.9 Å². The smallest absolute Gasteiger partial charge is 0.305 e. The van der Waals surface area contributed by atoms with Crippen molar-refractivity contribution < 1.29 is 9.53 Å². The average Bonchev–Trinajstić information content (AvgIpc) is 2.79. The van der Waals surface area contributed by atoms with Crippen LogP contribution in [0.25, 0.3) is 0 Å². The van der Waals surface area contributed by atoms with Gasteiger partial charge < -0.3 is 9.30 Å². The van der Waals surface area contributed by atoms with Crippen molar-refractivity contribution in [3.05, 3.63) is 18.7 Å². The molecule has 1 aromatic heterocycles. The summed E-state index contributed by atoms with van der Waals surface area (Å²) in [5.41, 5.74) is 0. The van der Waals surface area contributed by atoms with Crippen LogP contribution in [0, 0.1) is 0 Å². The first-order chi connectivity index (χ1) is 7.83. The standard InChI is InChI=1S/C12H20N2O2/c1-2-10-16-12(15)6-4-3-5-8-14-9-7-13-11-14/h7,9,11H,2-6,8,10H2,1H3. The molecule has 0 saturated heterocycles. The molecule has 0 radical (unpaired) electrons. The highest BCUT2D eigenvalue weighted by Crippen LogP contribution is 2.03. The van der Waals surface area contributed by atoms with Crippen LogP contribution in [-0.4, -0.2) is 22.1 Å². The van der Waals surface area contributed by atoms with Gasteiger partial charge in [-0.1, -0.05) is 13.3 Å². The van der Waals surface area contributed by atoms with Gasteiger partial charge in [0.2, 0.25) is 0 Å². The molecule has 0 aliphatic heterocycles. The van der Waals surface area contributed by atoms with Gasteiger partial charge in [-0.2, -0.15) is 0 Å². The molecule has 1 aromatic rings. The zero-order valence-corrected chi connectivity index (χ0v) is 9.89. The number of hydrogen-bond acceptors (Lipinski definition) is 3. The Balaban J connectivity index is 1.93. The molecule has 1 rings (SSSR count). The maximum absolute atomic E-state index is 11.2. The summed E-state index contributed by atoms with van der Waals surface area (Å²) in [7, 11) is 0. The highest BCUT2D eigenvalue weighted by molar-refractivity contribution is 5.69. The quantitative estimate of drug-likeness (QED) is 0.503. The Bertz CT molecular complexity index is 283. The van der Waals surface area contributed by atoms with Gasteiger partial charge >= 0.3 is 5.97 Å². The number of imidazole rings is 1. The molecule has 4 nitrogen and oxygen atoms in total. The van der Waals surface area contributed by atoms with E-state index >= 15 is 0 Å². The van der Waals surface area contributed by atoms with Gasteiger partial charge in [0.1, 0.15) is 0 Å². The molecule has 0 unspecified atom stereocenters. The summed E-state index contributed by atoms with van der Waals surface area (Å²) in [5, 5.41) is 0. The third kappa shape index (κ3) is 5.53. The van der Waals surface area contributed by atoms with Gasteiger partial charge in [-0.3, -0.25) is 4.79 Å². The monoisotopic (exact) mass is 224 g/mol. The van der Waals surface area contributed by atoms with Crippen LogP contribution in [0.15, 0.2) is 18.7 Å². The molecule has 0 atom stereocenters. The van der Waals surface area contributed by atoms with E-state index in [0.717, 1.165) is 32.2 Å². The predicted octanol–water partition coefficient (Wildman–Crippen LogP) is 2.40. The Kier molecular flexibility index (Phi) is 6.30. The molecule has 0 aliphatic rings. The molecule has 0 amide bonds. The van der Waals surface area contributed by atoms with Crippen molar-refractivity contribution in [2.75, 3.05) is 6.61 Å². The zero-order valence-electron chi connectivity index (χ0n) is 9.89. The number of aryl methyl sites for hydroxylation is 1. The highest BCUT2D eigenvalue weighted by Gasteiger charge is 2.01. The molecule has 90 valence electrons. The zero-order chi connectivity index (χ0) is 11.6. The van der Waals surface area contributed by atoms with Gasteiger partial charge in [-0.15, -0.1) is 0 Å². The molecule has 0 spiro atoms. The number of unbranched alkanes of at least 4 members (excludes halogenated alkanes) is 2. The lowest BCUT2D eigenvalue weighted by Crippen LogP contribution is -2.05. The normalized spacial score (nSPS) is 10.3. The number of aromatic nitrogens is 2. The third-order valence-electron chi connectivity index (χ3n) is 2.32. The second kappa shape index (κ2) is 7.91. The molecule has 16 heavy (non-hydrogen) atoms. The fraction of sp³-hybridized carbons (Fsp3) is 0.667. The van der Waals surface area contributed by atoms with Crippen molar-refractivity contribution in [1.29, 1.82) is 0 Å². The van der Waals surface area contributed by atoms with Crippen molar-refractivity contribution in [1.82, 2.24) is 9.55 Å². The Morgan fingerprint density at radius 2 is 2.25 bits per heavy atom. The van der Waals surface area contributed by atoms with E-state index in [1.165, 1.54) is 0 Å². The number of ether oxygens (including phenoxy) is 1. The summed E-state index contributed by atoms with van der Waals surface area (Å²) in [6, 6.07) is 0. The van der Waals surface area contributed by atoms with Gasteiger partial charge in [-0.25, -0.2) is 4.98 Å². The van der Waals surface area contributed by atoms with Crippen LogP contribution >= 0.6 is 0 Å². The molecule has 0 saturated carbocycles. The Hall–Kier alpha value is -1.32. The van der Waals surface area contributed by atoms with Crippen molar-refractivity contribution in [2.24, 2.45) is 0 Å². The Morgan fingerprint density at radius 1 is 1.38 bits per heavy atom. The van der Waals surface area contributed by atoms with Gasteiger partial charge in [0.15, 0.2) is 0 Å². The first kappa shape index (κ1) is 12.7. The van der Waals surface area contributed by atoms with E-state index in [9.17, 15) is 4.79 Å². The van der Waals surface area contributed by atoms with Crippen LogP contribution in [0.4, 0.5) is 0 Å². The summed E-state index contributed by atoms with van der Waals surface area (Å²) in [4.78, 5) is 15.1. The minimum atomic E-state index is -0.0653. The summed E-state index contributed by atoms with van der Waals surface area (Å²) >= 11 is 0. The Labute approximate surface area is 96.6 Å². The molecular formula is C12H20N2O2. The number of esters is 1. The molecule has 1 heterocycles. The van der Waals surface area contributed by atoms with E-state index in [0.29, 0.717) is 13.0 Å². The predicted molar refractivity (Wildman–Crippen MR) is 61.9 cm³/mol. The topological polar surface area (TPSA) is 44.1 Å². The van der Waals surface area contributed by atoms with Crippen molar-refractivity contribution in [2.45, 2.75) is 45.6 Å². The van der Waals surface area contributed by atoms with E-state index in [-0.39, 0.29) is 5.97 Å². The average molecular weight is 224 g/mol. The third-order valence-corrected chi connectivity index (χ3v) is 2.32. The molecule has 0 N–H and O–H groups in total. The summed E-state index contributed by atoms with van der Waals surface area (Å²) in [6.45, 7) is 3.52. The van der Waals surface area contributed by atoms with Crippen LogP contribution in [0.5, 0.6) is 0 Å². The minimum Gasteiger partial charge on any atom is -0.466 e. The van der Waals surface area contributed by atoms with Gasteiger partial charge in [0.25, 0.3) is 0 Å².